The first-order valence-corrected chi connectivity index (χ1v) is 6.00. The van der Waals surface area contributed by atoms with Crippen molar-refractivity contribution in [2.75, 3.05) is 33.2 Å². The summed E-state index contributed by atoms with van der Waals surface area (Å²) in [6, 6.07) is 6.51. The quantitative estimate of drug-likeness (QED) is 0.457. The molecule has 2 rings (SSSR count). The second-order valence-corrected chi connectivity index (χ2v) is 4.51. The lowest BCUT2D eigenvalue weighted by Crippen LogP contribution is -3.11. The van der Waals surface area contributed by atoms with Crippen molar-refractivity contribution in [1.29, 1.82) is 0 Å². The molecular formula is C12H17N4O2+. The lowest BCUT2D eigenvalue weighted by molar-refractivity contribution is -0.884. The van der Waals surface area contributed by atoms with Crippen LogP contribution in [0.3, 0.4) is 0 Å². The van der Waals surface area contributed by atoms with Crippen molar-refractivity contribution in [2.24, 2.45) is 5.10 Å². The average Bonchev–Trinajstić information content (AvgIpc) is 2.38. The van der Waals surface area contributed by atoms with E-state index in [2.05, 4.69) is 12.1 Å². The summed E-state index contributed by atoms with van der Waals surface area (Å²) in [7, 11) is 2.17. The van der Waals surface area contributed by atoms with Crippen LogP contribution in [0, 0.1) is 10.1 Å². The molecule has 1 saturated heterocycles. The first kappa shape index (κ1) is 12.5. The maximum Gasteiger partial charge on any atom is 0.270 e. The van der Waals surface area contributed by atoms with Gasteiger partial charge in [0.1, 0.15) is 0 Å². The van der Waals surface area contributed by atoms with E-state index in [1.54, 1.807) is 12.3 Å². The molecule has 0 radical (unpaired) electrons. The van der Waals surface area contributed by atoms with E-state index in [9.17, 15) is 10.1 Å². The molecule has 0 spiro atoms. The monoisotopic (exact) mass is 249 g/mol. The van der Waals surface area contributed by atoms with E-state index in [1.165, 1.54) is 17.0 Å². The van der Waals surface area contributed by atoms with Crippen molar-refractivity contribution in [2.45, 2.75) is 0 Å². The predicted molar refractivity (Wildman–Crippen MR) is 68.9 cm³/mol. The molecule has 1 N–H and O–H groups in total. The molecule has 18 heavy (non-hydrogen) atoms. The fraction of sp³-hybridized carbons (Fsp3) is 0.417. The Kier molecular flexibility index (Phi) is 3.88. The summed E-state index contributed by atoms with van der Waals surface area (Å²) in [5, 5.41) is 17.0. The smallest absolute Gasteiger partial charge is 0.270 e. The van der Waals surface area contributed by atoms with Crippen LogP contribution in [0.2, 0.25) is 0 Å². The SMILES string of the molecule is C[NH+]1CCN(/N=C\c2cccc([N+](=O)[O-])c2)CC1. The minimum atomic E-state index is -0.392. The maximum atomic E-state index is 10.6. The third kappa shape index (κ3) is 3.27. The van der Waals surface area contributed by atoms with Crippen LogP contribution in [-0.4, -0.2) is 49.4 Å². The molecule has 0 amide bonds. The zero-order chi connectivity index (χ0) is 13.0. The maximum absolute atomic E-state index is 10.6. The molecule has 1 aliphatic rings. The van der Waals surface area contributed by atoms with Crippen LogP contribution in [0.25, 0.3) is 0 Å². The minimum absolute atomic E-state index is 0.0989. The standard InChI is InChI=1S/C12H16N4O2/c1-14-5-7-15(8-6-14)13-10-11-3-2-4-12(9-11)16(17)18/h2-4,9-10H,5-8H2,1H3/p+1/b13-10-. The highest BCUT2D eigenvalue weighted by Crippen LogP contribution is 2.11. The average molecular weight is 249 g/mol. The highest BCUT2D eigenvalue weighted by molar-refractivity contribution is 5.80. The number of nitrogens with zero attached hydrogens (tertiary/aromatic N) is 3. The summed E-state index contributed by atoms with van der Waals surface area (Å²) in [4.78, 5) is 11.8. The van der Waals surface area contributed by atoms with Gasteiger partial charge in [-0.2, -0.15) is 5.10 Å². The number of rotatable bonds is 3. The number of hydrogen-bond acceptors (Lipinski definition) is 4. The van der Waals surface area contributed by atoms with Gasteiger partial charge in [0.2, 0.25) is 0 Å². The third-order valence-electron chi connectivity index (χ3n) is 3.04. The van der Waals surface area contributed by atoms with E-state index in [0.29, 0.717) is 0 Å². The van der Waals surface area contributed by atoms with Gasteiger partial charge in [-0.25, -0.2) is 0 Å². The van der Waals surface area contributed by atoms with Gasteiger partial charge in [-0.15, -0.1) is 0 Å². The molecule has 0 atom stereocenters. The fourth-order valence-electron chi connectivity index (χ4n) is 1.86. The zero-order valence-corrected chi connectivity index (χ0v) is 10.4. The lowest BCUT2D eigenvalue weighted by Gasteiger charge is -2.27. The second-order valence-electron chi connectivity index (χ2n) is 4.51. The van der Waals surface area contributed by atoms with E-state index >= 15 is 0 Å². The van der Waals surface area contributed by atoms with Crippen LogP contribution in [0.4, 0.5) is 5.69 Å². The topological polar surface area (TPSA) is 63.2 Å². The molecule has 0 bridgehead atoms. The van der Waals surface area contributed by atoms with Gasteiger partial charge >= 0.3 is 0 Å². The van der Waals surface area contributed by atoms with Gasteiger partial charge < -0.3 is 4.90 Å². The van der Waals surface area contributed by atoms with Gasteiger partial charge in [-0.05, 0) is 0 Å². The number of piperazine rings is 1. The Hall–Kier alpha value is -1.95. The molecule has 6 heteroatoms. The summed E-state index contributed by atoms with van der Waals surface area (Å²) in [5.41, 5.74) is 0.859. The normalized spacial score (nSPS) is 17.3. The molecule has 0 unspecified atom stereocenters. The molecule has 0 saturated carbocycles. The molecule has 1 aromatic rings. The highest BCUT2D eigenvalue weighted by Gasteiger charge is 2.14. The molecule has 1 aromatic carbocycles. The van der Waals surface area contributed by atoms with E-state index in [1.807, 2.05) is 11.1 Å². The largest absolute Gasteiger partial charge is 0.334 e. The second kappa shape index (κ2) is 5.59. The van der Waals surface area contributed by atoms with E-state index in [0.717, 1.165) is 31.7 Å². The molecule has 1 aliphatic heterocycles. The van der Waals surface area contributed by atoms with E-state index in [-0.39, 0.29) is 5.69 Å². The van der Waals surface area contributed by atoms with Crippen LogP contribution in [0.15, 0.2) is 29.4 Å². The number of hydrazone groups is 1. The van der Waals surface area contributed by atoms with Crippen molar-refractivity contribution < 1.29 is 9.82 Å². The molecule has 1 heterocycles. The minimum Gasteiger partial charge on any atom is -0.334 e. The lowest BCUT2D eigenvalue weighted by atomic mass is 10.2. The number of nitro benzene ring substituents is 1. The number of likely N-dealkylation sites (N-methyl/N-ethyl adjacent to an activating group) is 1. The Labute approximate surface area is 106 Å². The molecule has 0 aliphatic carbocycles. The number of nitro groups is 1. The third-order valence-corrected chi connectivity index (χ3v) is 3.04. The van der Waals surface area contributed by atoms with Crippen LogP contribution < -0.4 is 4.90 Å². The van der Waals surface area contributed by atoms with Crippen LogP contribution >= 0.6 is 0 Å². The first-order valence-electron chi connectivity index (χ1n) is 6.00. The summed E-state index contributed by atoms with van der Waals surface area (Å²) in [5.74, 6) is 0. The molecule has 1 fully saturated rings. The van der Waals surface area contributed by atoms with E-state index < -0.39 is 4.92 Å². The first-order chi connectivity index (χ1) is 8.65. The Balaban J connectivity index is 2.00. The van der Waals surface area contributed by atoms with Crippen LogP contribution in [0.5, 0.6) is 0 Å². The van der Waals surface area contributed by atoms with Gasteiger partial charge in [-0.1, -0.05) is 12.1 Å². The molecule has 0 aromatic heterocycles. The Bertz CT molecular complexity index is 453. The zero-order valence-electron chi connectivity index (χ0n) is 10.4. The van der Waals surface area contributed by atoms with Gasteiger partial charge in [0.05, 0.1) is 44.4 Å². The van der Waals surface area contributed by atoms with Gasteiger partial charge in [0.15, 0.2) is 0 Å². The van der Waals surface area contributed by atoms with Gasteiger partial charge in [0, 0.05) is 17.7 Å². The Morgan fingerprint density at radius 3 is 2.83 bits per heavy atom. The summed E-state index contributed by atoms with van der Waals surface area (Å²) in [6.45, 7) is 4.01. The van der Waals surface area contributed by atoms with Crippen LogP contribution in [-0.2, 0) is 0 Å². The molecular weight excluding hydrogens is 232 g/mol. The fourth-order valence-corrected chi connectivity index (χ4v) is 1.86. The molecule has 6 nitrogen and oxygen atoms in total. The Morgan fingerprint density at radius 1 is 1.44 bits per heavy atom. The number of nitrogens with one attached hydrogen (secondary N) is 1. The summed E-state index contributed by atoms with van der Waals surface area (Å²) in [6.07, 6.45) is 1.69. The van der Waals surface area contributed by atoms with Crippen molar-refractivity contribution in [3.63, 3.8) is 0 Å². The highest BCUT2D eigenvalue weighted by atomic mass is 16.6. The van der Waals surface area contributed by atoms with Crippen molar-refractivity contribution in [1.82, 2.24) is 5.01 Å². The Morgan fingerprint density at radius 2 is 2.17 bits per heavy atom. The van der Waals surface area contributed by atoms with E-state index in [4.69, 9.17) is 0 Å². The number of quaternary nitrogens is 1. The molecule has 96 valence electrons. The van der Waals surface area contributed by atoms with Gasteiger partial charge in [-0.3, -0.25) is 15.1 Å². The number of benzene rings is 1. The van der Waals surface area contributed by atoms with Crippen molar-refractivity contribution in [3.8, 4) is 0 Å². The number of hydrogen-bond donors (Lipinski definition) is 1. The van der Waals surface area contributed by atoms with Gasteiger partial charge in [0.25, 0.3) is 5.69 Å². The van der Waals surface area contributed by atoms with Crippen molar-refractivity contribution in [3.05, 3.63) is 39.9 Å². The summed E-state index contributed by atoms with van der Waals surface area (Å²) < 4.78 is 0. The van der Waals surface area contributed by atoms with Crippen molar-refractivity contribution >= 4 is 11.9 Å². The summed E-state index contributed by atoms with van der Waals surface area (Å²) >= 11 is 0. The number of non-ortho nitro benzene ring substituents is 1. The predicted octanol–water partition coefficient (Wildman–Crippen LogP) is -0.241. The van der Waals surface area contributed by atoms with Crippen LogP contribution in [0.1, 0.15) is 5.56 Å².